The Morgan fingerprint density at radius 1 is 1.33 bits per heavy atom. The third-order valence-electron chi connectivity index (χ3n) is 2.45. The van der Waals surface area contributed by atoms with E-state index in [-0.39, 0.29) is 18.3 Å². The maximum Gasteiger partial charge on any atom is 0.257 e. The molecule has 0 aliphatic carbocycles. The third-order valence-corrected chi connectivity index (χ3v) is 2.45. The quantitative estimate of drug-likeness (QED) is 0.785. The van der Waals surface area contributed by atoms with Gasteiger partial charge < -0.3 is 10.1 Å². The summed E-state index contributed by atoms with van der Waals surface area (Å²) in [6, 6.07) is 5.33. The van der Waals surface area contributed by atoms with Crippen molar-refractivity contribution in [2.45, 2.75) is 27.2 Å². The van der Waals surface area contributed by atoms with Crippen molar-refractivity contribution in [2.75, 3.05) is 13.2 Å². The van der Waals surface area contributed by atoms with Gasteiger partial charge in [0.25, 0.3) is 5.91 Å². The average molecular weight is 249 g/mol. The van der Waals surface area contributed by atoms with Gasteiger partial charge in [0.05, 0.1) is 5.56 Å². The molecule has 0 atom stereocenters. The smallest absolute Gasteiger partial charge is 0.257 e. The minimum Gasteiger partial charge on any atom is -0.483 e. The molecule has 0 saturated heterocycles. The zero-order chi connectivity index (χ0) is 13.5. The van der Waals surface area contributed by atoms with Crippen LogP contribution >= 0.6 is 0 Å². The van der Waals surface area contributed by atoms with Gasteiger partial charge in [0, 0.05) is 6.54 Å². The lowest BCUT2D eigenvalue weighted by atomic mass is 10.1. The second-order valence-corrected chi connectivity index (χ2v) is 4.19. The van der Waals surface area contributed by atoms with Crippen LogP contribution in [0.4, 0.5) is 0 Å². The zero-order valence-electron chi connectivity index (χ0n) is 11.1. The van der Waals surface area contributed by atoms with E-state index in [1.807, 2.05) is 19.9 Å². The topological polar surface area (TPSA) is 55.4 Å². The molecule has 0 aliphatic rings. The van der Waals surface area contributed by atoms with E-state index < -0.39 is 0 Å². The lowest BCUT2D eigenvalue weighted by molar-refractivity contribution is -0.123. The number of ketones is 1. The molecule has 4 heteroatoms. The summed E-state index contributed by atoms with van der Waals surface area (Å²) in [6.45, 7) is 5.94. The summed E-state index contributed by atoms with van der Waals surface area (Å²) >= 11 is 0. The standard InChI is InChI=1S/C14H19NO3/c1-4-7-15-14(17)9-18-13-8-10(2)5-6-12(13)11(3)16/h5-6,8H,4,7,9H2,1-3H3,(H,15,17). The van der Waals surface area contributed by atoms with Gasteiger partial charge in [-0.3, -0.25) is 9.59 Å². The molecule has 0 fully saturated rings. The second kappa shape index (κ2) is 6.79. The van der Waals surface area contributed by atoms with Crippen LogP contribution in [0.5, 0.6) is 5.75 Å². The lowest BCUT2D eigenvalue weighted by Gasteiger charge is -2.10. The van der Waals surface area contributed by atoms with Crippen molar-refractivity contribution in [3.63, 3.8) is 0 Å². The van der Waals surface area contributed by atoms with Gasteiger partial charge in [-0.15, -0.1) is 0 Å². The molecule has 4 nitrogen and oxygen atoms in total. The highest BCUT2D eigenvalue weighted by molar-refractivity contribution is 5.97. The normalized spacial score (nSPS) is 9.94. The van der Waals surface area contributed by atoms with Gasteiger partial charge in [0.1, 0.15) is 5.75 Å². The first-order valence-corrected chi connectivity index (χ1v) is 6.05. The Labute approximate surface area is 107 Å². The third kappa shape index (κ3) is 4.20. The molecule has 0 saturated carbocycles. The van der Waals surface area contributed by atoms with Crippen LogP contribution in [0, 0.1) is 6.92 Å². The number of benzene rings is 1. The Morgan fingerprint density at radius 2 is 2.06 bits per heavy atom. The molecule has 18 heavy (non-hydrogen) atoms. The molecule has 1 amide bonds. The summed E-state index contributed by atoms with van der Waals surface area (Å²) in [4.78, 5) is 22.8. The highest BCUT2D eigenvalue weighted by Gasteiger charge is 2.10. The summed E-state index contributed by atoms with van der Waals surface area (Å²) in [5, 5.41) is 2.72. The summed E-state index contributed by atoms with van der Waals surface area (Å²) in [5.74, 6) is 0.223. The van der Waals surface area contributed by atoms with Crippen LogP contribution in [0.1, 0.15) is 36.2 Å². The van der Waals surface area contributed by atoms with Gasteiger partial charge in [0.15, 0.2) is 12.4 Å². The molecule has 1 aromatic rings. The van der Waals surface area contributed by atoms with Crippen LogP contribution in [0.15, 0.2) is 18.2 Å². The van der Waals surface area contributed by atoms with Gasteiger partial charge in [-0.1, -0.05) is 13.0 Å². The van der Waals surface area contributed by atoms with Crippen LogP contribution < -0.4 is 10.1 Å². The van der Waals surface area contributed by atoms with Crippen LogP contribution in [-0.2, 0) is 4.79 Å². The number of aryl methyl sites for hydroxylation is 1. The van der Waals surface area contributed by atoms with E-state index in [0.717, 1.165) is 12.0 Å². The van der Waals surface area contributed by atoms with E-state index in [0.29, 0.717) is 17.9 Å². The Morgan fingerprint density at radius 3 is 2.67 bits per heavy atom. The van der Waals surface area contributed by atoms with Crippen molar-refractivity contribution in [3.05, 3.63) is 29.3 Å². The van der Waals surface area contributed by atoms with Crippen molar-refractivity contribution in [1.29, 1.82) is 0 Å². The van der Waals surface area contributed by atoms with E-state index in [1.165, 1.54) is 6.92 Å². The van der Waals surface area contributed by atoms with Gasteiger partial charge in [-0.2, -0.15) is 0 Å². The molecular formula is C14H19NO3. The second-order valence-electron chi connectivity index (χ2n) is 4.19. The molecule has 0 bridgehead atoms. The van der Waals surface area contributed by atoms with Crippen molar-refractivity contribution >= 4 is 11.7 Å². The molecule has 1 N–H and O–H groups in total. The predicted molar refractivity (Wildman–Crippen MR) is 70.0 cm³/mol. The van der Waals surface area contributed by atoms with Crippen LogP contribution in [0.2, 0.25) is 0 Å². The monoisotopic (exact) mass is 249 g/mol. The van der Waals surface area contributed by atoms with E-state index in [4.69, 9.17) is 4.74 Å². The lowest BCUT2D eigenvalue weighted by Crippen LogP contribution is -2.29. The Bertz CT molecular complexity index is 441. The molecule has 0 heterocycles. The molecule has 0 radical (unpaired) electrons. The van der Waals surface area contributed by atoms with E-state index in [9.17, 15) is 9.59 Å². The number of amides is 1. The van der Waals surface area contributed by atoms with Crippen molar-refractivity contribution in [2.24, 2.45) is 0 Å². The minimum atomic E-state index is -0.173. The first kappa shape index (κ1) is 14.2. The highest BCUT2D eigenvalue weighted by Crippen LogP contribution is 2.20. The first-order valence-electron chi connectivity index (χ1n) is 6.05. The molecule has 1 rings (SSSR count). The average Bonchev–Trinajstić information content (AvgIpc) is 2.33. The SMILES string of the molecule is CCCNC(=O)COc1cc(C)ccc1C(C)=O. The molecule has 98 valence electrons. The maximum absolute atomic E-state index is 11.4. The Hall–Kier alpha value is -1.84. The number of carbonyl (C=O) groups excluding carboxylic acids is 2. The fraction of sp³-hybridized carbons (Fsp3) is 0.429. The fourth-order valence-electron chi connectivity index (χ4n) is 1.50. The molecule has 1 aromatic carbocycles. The predicted octanol–water partition coefficient (Wildman–Crippen LogP) is 2.10. The van der Waals surface area contributed by atoms with Crippen LogP contribution in [-0.4, -0.2) is 24.8 Å². The summed E-state index contributed by atoms with van der Waals surface area (Å²) in [5.41, 5.74) is 1.49. The number of ether oxygens (including phenoxy) is 1. The van der Waals surface area contributed by atoms with Crippen molar-refractivity contribution in [1.82, 2.24) is 5.32 Å². The van der Waals surface area contributed by atoms with E-state index in [2.05, 4.69) is 5.32 Å². The van der Waals surface area contributed by atoms with E-state index in [1.54, 1.807) is 12.1 Å². The first-order chi connectivity index (χ1) is 8.54. The number of hydrogen-bond donors (Lipinski definition) is 1. The highest BCUT2D eigenvalue weighted by atomic mass is 16.5. The van der Waals surface area contributed by atoms with Crippen molar-refractivity contribution in [3.8, 4) is 5.75 Å². The van der Waals surface area contributed by atoms with Crippen LogP contribution in [0.25, 0.3) is 0 Å². The largest absolute Gasteiger partial charge is 0.483 e. The summed E-state index contributed by atoms with van der Waals surface area (Å²) < 4.78 is 5.41. The number of Topliss-reactive ketones (excluding diaryl/α,β-unsaturated/α-hetero) is 1. The zero-order valence-corrected chi connectivity index (χ0v) is 11.1. The molecule has 0 aromatic heterocycles. The number of rotatable bonds is 6. The van der Waals surface area contributed by atoms with Gasteiger partial charge in [-0.25, -0.2) is 0 Å². The molecule has 0 unspecified atom stereocenters. The number of carbonyl (C=O) groups is 2. The van der Waals surface area contributed by atoms with Gasteiger partial charge in [-0.05, 0) is 38.0 Å². The van der Waals surface area contributed by atoms with Crippen molar-refractivity contribution < 1.29 is 14.3 Å². The molecule has 0 aliphatic heterocycles. The van der Waals surface area contributed by atoms with Gasteiger partial charge >= 0.3 is 0 Å². The minimum absolute atomic E-state index is 0.0657. The van der Waals surface area contributed by atoms with E-state index >= 15 is 0 Å². The van der Waals surface area contributed by atoms with Crippen LogP contribution in [0.3, 0.4) is 0 Å². The molecular weight excluding hydrogens is 230 g/mol. The summed E-state index contributed by atoms with van der Waals surface area (Å²) in [6.07, 6.45) is 0.884. The Kier molecular flexibility index (Phi) is 5.36. The fourth-order valence-corrected chi connectivity index (χ4v) is 1.50. The maximum atomic E-state index is 11.4. The number of nitrogens with one attached hydrogen (secondary N) is 1. The summed E-state index contributed by atoms with van der Waals surface area (Å²) in [7, 11) is 0. The number of hydrogen-bond acceptors (Lipinski definition) is 3. The molecule has 0 spiro atoms. The van der Waals surface area contributed by atoms with Gasteiger partial charge in [0.2, 0.25) is 0 Å². The Balaban J connectivity index is 2.68.